The second-order valence-corrected chi connectivity index (χ2v) is 4.02. The maximum absolute atomic E-state index is 6.12. The smallest absolute Gasteiger partial charge is 0.137 e. The summed E-state index contributed by atoms with van der Waals surface area (Å²) < 4.78 is 5.08. The zero-order valence-electron chi connectivity index (χ0n) is 8.42. The Balaban J connectivity index is 0.00000112. The van der Waals surface area contributed by atoms with Crippen molar-refractivity contribution < 1.29 is 4.74 Å². The number of methoxy groups -OCH3 is 1. The summed E-state index contributed by atoms with van der Waals surface area (Å²) >= 11 is 6.02. The minimum absolute atomic E-state index is 0. The average Bonchev–Trinajstić information content (AvgIpc) is 2.14. The minimum atomic E-state index is -0.254. The molecule has 0 saturated carbocycles. The van der Waals surface area contributed by atoms with Gasteiger partial charge in [-0.05, 0) is 17.7 Å². The highest BCUT2D eigenvalue weighted by Crippen LogP contribution is 2.30. The first-order valence-electron chi connectivity index (χ1n) is 4.49. The van der Waals surface area contributed by atoms with Crippen LogP contribution >= 0.6 is 24.0 Å². The van der Waals surface area contributed by atoms with E-state index in [0.29, 0.717) is 10.8 Å². The second kappa shape index (κ2) is 4.58. The van der Waals surface area contributed by atoms with Crippen molar-refractivity contribution in [1.29, 1.82) is 0 Å². The fourth-order valence-corrected chi connectivity index (χ4v) is 1.83. The summed E-state index contributed by atoms with van der Waals surface area (Å²) in [5.41, 5.74) is 6.93. The minimum Gasteiger partial charge on any atom is -0.495 e. The maximum atomic E-state index is 6.12. The quantitative estimate of drug-likeness (QED) is 0.835. The van der Waals surface area contributed by atoms with E-state index in [1.54, 1.807) is 7.11 Å². The molecule has 1 heterocycles. The van der Waals surface area contributed by atoms with Gasteiger partial charge in [-0.3, -0.25) is 0 Å². The summed E-state index contributed by atoms with van der Waals surface area (Å²) in [4.78, 5) is 0. The van der Waals surface area contributed by atoms with Crippen LogP contribution in [0.2, 0.25) is 5.02 Å². The molecular weight excluding hydrogens is 235 g/mol. The van der Waals surface area contributed by atoms with Gasteiger partial charge in [0.05, 0.1) is 17.7 Å². The lowest BCUT2D eigenvalue weighted by Crippen LogP contribution is -2.62. The lowest BCUT2D eigenvalue weighted by atomic mass is 9.85. The number of rotatable bonds is 2. The molecule has 0 radical (unpaired) electrons. The molecule has 15 heavy (non-hydrogen) atoms. The van der Waals surface area contributed by atoms with Crippen molar-refractivity contribution >= 4 is 24.0 Å². The van der Waals surface area contributed by atoms with Gasteiger partial charge in [-0.25, -0.2) is 0 Å². The zero-order valence-corrected chi connectivity index (χ0v) is 9.99. The van der Waals surface area contributed by atoms with Crippen LogP contribution in [-0.4, -0.2) is 20.2 Å². The molecule has 0 atom stereocenters. The summed E-state index contributed by atoms with van der Waals surface area (Å²) in [5, 5.41) is 3.76. The monoisotopic (exact) mass is 248 g/mol. The van der Waals surface area contributed by atoms with Gasteiger partial charge in [0, 0.05) is 13.1 Å². The molecule has 0 aromatic heterocycles. The van der Waals surface area contributed by atoms with Crippen molar-refractivity contribution in [1.82, 2.24) is 5.32 Å². The number of nitrogens with one attached hydrogen (secondary N) is 1. The molecule has 2 rings (SSSR count). The fourth-order valence-electron chi connectivity index (χ4n) is 1.57. The molecular formula is C10H14Cl2N2O. The summed E-state index contributed by atoms with van der Waals surface area (Å²) in [7, 11) is 1.60. The molecule has 84 valence electrons. The molecule has 3 N–H and O–H groups in total. The van der Waals surface area contributed by atoms with Gasteiger partial charge in [-0.1, -0.05) is 17.7 Å². The van der Waals surface area contributed by atoms with Gasteiger partial charge in [-0.15, -0.1) is 12.4 Å². The molecule has 0 amide bonds. The SMILES string of the molecule is COc1ccc(C2(N)CNC2)cc1Cl.Cl. The fraction of sp³-hybridized carbons (Fsp3) is 0.400. The molecule has 0 aliphatic carbocycles. The number of halogens is 2. The van der Waals surface area contributed by atoms with Crippen molar-refractivity contribution in [3.05, 3.63) is 28.8 Å². The molecule has 5 heteroatoms. The third-order valence-corrected chi connectivity index (χ3v) is 2.90. The first-order valence-corrected chi connectivity index (χ1v) is 4.87. The Hall–Kier alpha value is -0.480. The van der Waals surface area contributed by atoms with Gasteiger partial charge in [0.2, 0.25) is 0 Å². The van der Waals surface area contributed by atoms with Crippen LogP contribution in [0, 0.1) is 0 Å². The second-order valence-electron chi connectivity index (χ2n) is 3.61. The van der Waals surface area contributed by atoms with Crippen LogP contribution in [-0.2, 0) is 5.54 Å². The maximum Gasteiger partial charge on any atom is 0.137 e. The highest BCUT2D eigenvalue weighted by molar-refractivity contribution is 6.32. The number of hydrogen-bond donors (Lipinski definition) is 2. The Bertz CT molecular complexity index is 353. The van der Waals surface area contributed by atoms with E-state index >= 15 is 0 Å². The number of hydrogen-bond acceptors (Lipinski definition) is 3. The van der Waals surface area contributed by atoms with Crippen LogP contribution in [0.1, 0.15) is 5.56 Å². The lowest BCUT2D eigenvalue weighted by Gasteiger charge is -2.39. The van der Waals surface area contributed by atoms with Crippen LogP contribution in [0.5, 0.6) is 5.75 Å². The van der Waals surface area contributed by atoms with Crippen LogP contribution in [0.4, 0.5) is 0 Å². The van der Waals surface area contributed by atoms with Gasteiger partial charge in [0.1, 0.15) is 5.75 Å². The highest BCUT2D eigenvalue weighted by atomic mass is 35.5. The van der Waals surface area contributed by atoms with Crippen molar-refractivity contribution in [3.63, 3.8) is 0 Å². The molecule has 1 fully saturated rings. The number of nitrogens with two attached hydrogens (primary N) is 1. The van der Waals surface area contributed by atoms with E-state index in [2.05, 4.69) is 5.32 Å². The van der Waals surface area contributed by atoms with Crippen molar-refractivity contribution in [3.8, 4) is 5.75 Å². The van der Waals surface area contributed by atoms with Gasteiger partial charge >= 0.3 is 0 Å². The topological polar surface area (TPSA) is 47.3 Å². The summed E-state index contributed by atoms with van der Waals surface area (Å²) in [6, 6.07) is 5.69. The summed E-state index contributed by atoms with van der Waals surface area (Å²) in [6.45, 7) is 1.60. The Labute approximate surface area is 100 Å². The third-order valence-electron chi connectivity index (χ3n) is 2.61. The van der Waals surface area contributed by atoms with Gasteiger partial charge in [0.15, 0.2) is 0 Å². The van der Waals surface area contributed by atoms with Gasteiger partial charge in [-0.2, -0.15) is 0 Å². The van der Waals surface area contributed by atoms with E-state index in [1.165, 1.54) is 0 Å². The van der Waals surface area contributed by atoms with E-state index in [9.17, 15) is 0 Å². The molecule has 1 aromatic rings. The molecule has 1 saturated heterocycles. The molecule has 0 bridgehead atoms. The van der Waals surface area contributed by atoms with Crippen molar-refractivity contribution in [2.24, 2.45) is 5.73 Å². The largest absolute Gasteiger partial charge is 0.495 e. The lowest BCUT2D eigenvalue weighted by molar-refractivity contribution is 0.287. The molecule has 1 aliphatic heterocycles. The van der Waals surface area contributed by atoms with E-state index in [4.69, 9.17) is 22.1 Å². The zero-order chi connectivity index (χ0) is 10.2. The van der Waals surface area contributed by atoms with Crippen LogP contribution in [0.25, 0.3) is 0 Å². The molecule has 0 unspecified atom stereocenters. The highest BCUT2D eigenvalue weighted by Gasteiger charge is 2.34. The predicted octanol–water partition coefficient (Wildman–Crippen LogP) is 1.53. The summed E-state index contributed by atoms with van der Waals surface area (Å²) in [6.07, 6.45) is 0. The Morgan fingerprint density at radius 2 is 2.13 bits per heavy atom. The van der Waals surface area contributed by atoms with Crippen LogP contribution in [0.15, 0.2) is 18.2 Å². The van der Waals surface area contributed by atoms with Crippen LogP contribution in [0.3, 0.4) is 0 Å². The Kier molecular flexibility index (Phi) is 3.84. The predicted molar refractivity (Wildman–Crippen MR) is 64.0 cm³/mol. The molecule has 3 nitrogen and oxygen atoms in total. The van der Waals surface area contributed by atoms with Gasteiger partial charge < -0.3 is 15.8 Å². The van der Waals surface area contributed by atoms with Crippen molar-refractivity contribution in [2.75, 3.05) is 20.2 Å². The average molecular weight is 249 g/mol. The van der Waals surface area contributed by atoms with Crippen LogP contribution < -0.4 is 15.8 Å². The molecule has 0 spiro atoms. The normalized spacial score (nSPS) is 17.5. The van der Waals surface area contributed by atoms with E-state index in [-0.39, 0.29) is 17.9 Å². The standard InChI is InChI=1S/C10H13ClN2O.ClH/c1-14-9-3-2-7(4-8(9)11)10(12)5-13-6-10;/h2-4,13H,5-6,12H2,1H3;1H. The van der Waals surface area contributed by atoms with Crippen molar-refractivity contribution in [2.45, 2.75) is 5.54 Å². The Morgan fingerprint density at radius 1 is 1.47 bits per heavy atom. The first-order chi connectivity index (χ1) is 6.65. The number of ether oxygens (including phenoxy) is 1. The molecule has 1 aromatic carbocycles. The molecule has 1 aliphatic rings. The first kappa shape index (κ1) is 12.6. The van der Waals surface area contributed by atoms with E-state index in [0.717, 1.165) is 18.7 Å². The number of benzene rings is 1. The van der Waals surface area contributed by atoms with Gasteiger partial charge in [0.25, 0.3) is 0 Å². The van der Waals surface area contributed by atoms with E-state index < -0.39 is 0 Å². The third kappa shape index (κ3) is 2.21. The summed E-state index contributed by atoms with van der Waals surface area (Å²) in [5.74, 6) is 0.686. The van der Waals surface area contributed by atoms with E-state index in [1.807, 2.05) is 18.2 Å². The Morgan fingerprint density at radius 3 is 2.53 bits per heavy atom.